The second kappa shape index (κ2) is 6.83. The van der Waals surface area contributed by atoms with E-state index in [0.717, 1.165) is 16.5 Å². The zero-order valence-electron chi connectivity index (χ0n) is 12.6. The fourth-order valence-corrected chi connectivity index (χ4v) is 2.30. The number of hydrogen-bond donors (Lipinski definition) is 1. The van der Waals surface area contributed by atoms with Crippen LogP contribution in [0.1, 0.15) is 16.3 Å². The molecule has 1 amide bonds. The highest BCUT2D eigenvalue weighted by Gasteiger charge is 2.11. The van der Waals surface area contributed by atoms with E-state index in [4.69, 9.17) is 9.15 Å². The summed E-state index contributed by atoms with van der Waals surface area (Å²) in [5, 5.41) is 4.83. The minimum absolute atomic E-state index is 0.263. The Hall–Kier alpha value is -3.01. The summed E-state index contributed by atoms with van der Waals surface area (Å²) in [5.74, 6) is 1.39. The van der Waals surface area contributed by atoms with Gasteiger partial charge in [-0.15, -0.1) is 6.58 Å². The number of furan rings is 1. The molecule has 2 aromatic carbocycles. The van der Waals surface area contributed by atoms with Crippen LogP contribution in [0.4, 0.5) is 0 Å². The first-order valence-electron chi connectivity index (χ1n) is 7.36. The van der Waals surface area contributed by atoms with Crippen LogP contribution in [0.15, 0.2) is 71.7 Å². The van der Waals surface area contributed by atoms with Crippen molar-refractivity contribution in [2.45, 2.75) is 6.61 Å². The van der Waals surface area contributed by atoms with Crippen molar-refractivity contribution in [1.82, 2.24) is 5.32 Å². The molecule has 4 heteroatoms. The molecule has 0 fully saturated rings. The van der Waals surface area contributed by atoms with Gasteiger partial charge in [0.25, 0.3) is 5.91 Å². The fraction of sp³-hybridized carbons (Fsp3) is 0.105. The number of carbonyl (C=O) groups excluding carboxylic acids is 1. The van der Waals surface area contributed by atoms with E-state index in [1.165, 1.54) is 0 Å². The van der Waals surface area contributed by atoms with Gasteiger partial charge in [0, 0.05) is 11.9 Å². The molecule has 1 aromatic heterocycles. The minimum Gasteiger partial charge on any atom is -0.485 e. The molecule has 0 aliphatic rings. The Morgan fingerprint density at radius 3 is 2.83 bits per heavy atom. The number of ether oxygens (including phenoxy) is 1. The van der Waals surface area contributed by atoms with Crippen LogP contribution in [-0.2, 0) is 6.61 Å². The minimum atomic E-state index is -0.263. The Bertz CT molecular complexity index is 830. The van der Waals surface area contributed by atoms with Gasteiger partial charge in [0.2, 0.25) is 0 Å². The van der Waals surface area contributed by atoms with Gasteiger partial charge >= 0.3 is 0 Å². The van der Waals surface area contributed by atoms with E-state index in [1.54, 1.807) is 18.2 Å². The first kappa shape index (κ1) is 14.9. The third-order valence-electron chi connectivity index (χ3n) is 3.41. The lowest BCUT2D eigenvalue weighted by Gasteiger charge is -2.07. The summed E-state index contributed by atoms with van der Waals surface area (Å²) in [5.41, 5.74) is 0. The Morgan fingerprint density at radius 2 is 1.96 bits per heavy atom. The zero-order valence-corrected chi connectivity index (χ0v) is 12.6. The summed E-state index contributed by atoms with van der Waals surface area (Å²) >= 11 is 0. The Kier molecular flexibility index (Phi) is 4.43. The third kappa shape index (κ3) is 3.43. The molecule has 1 heterocycles. The highest BCUT2D eigenvalue weighted by atomic mass is 16.5. The van der Waals surface area contributed by atoms with Crippen molar-refractivity contribution in [3.8, 4) is 5.75 Å². The maximum Gasteiger partial charge on any atom is 0.287 e. The van der Waals surface area contributed by atoms with Gasteiger partial charge in [0.1, 0.15) is 18.1 Å². The van der Waals surface area contributed by atoms with E-state index < -0.39 is 0 Å². The smallest absolute Gasteiger partial charge is 0.287 e. The van der Waals surface area contributed by atoms with E-state index in [0.29, 0.717) is 12.3 Å². The lowest BCUT2D eigenvalue weighted by molar-refractivity contribution is 0.0926. The molecule has 0 radical (unpaired) electrons. The molecule has 1 N–H and O–H groups in total. The van der Waals surface area contributed by atoms with Gasteiger partial charge in [0.05, 0.1) is 0 Å². The maximum atomic E-state index is 11.8. The van der Waals surface area contributed by atoms with Crippen molar-refractivity contribution in [3.05, 3.63) is 78.8 Å². The molecular formula is C19H17NO3. The van der Waals surface area contributed by atoms with Crippen molar-refractivity contribution < 1.29 is 13.9 Å². The molecule has 4 nitrogen and oxygen atoms in total. The van der Waals surface area contributed by atoms with Crippen molar-refractivity contribution in [2.75, 3.05) is 6.54 Å². The first-order chi connectivity index (χ1) is 11.3. The number of hydrogen-bond acceptors (Lipinski definition) is 3. The van der Waals surface area contributed by atoms with Crippen LogP contribution in [0.5, 0.6) is 5.75 Å². The van der Waals surface area contributed by atoms with Crippen LogP contribution < -0.4 is 10.1 Å². The van der Waals surface area contributed by atoms with E-state index in [1.807, 2.05) is 42.5 Å². The molecule has 0 bridgehead atoms. The highest BCUT2D eigenvalue weighted by Crippen LogP contribution is 2.26. The predicted octanol–water partition coefficient (Wildman–Crippen LogP) is 3.93. The average Bonchev–Trinajstić information content (AvgIpc) is 3.07. The maximum absolute atomic E-state index is 11.8. The fourth-order valence-electron chi connectivity index (χ4n) is 2.30. The normalized spacial score (nSPS) is 10.4. The second-order valence-corrected chi connectivity index (χ2v) is 5.03. The van der Waals surface area contributed by atoms with Crippen LogP contribution in [0.3, 0.4) is 0 Å². The van der Waals surface area contributed by atoms with E-state index >= 15 is 0 Å². The molecule has 116 valence electrons. The Morgan fingerprint density at radius 1 is 1.13 bits per heavy atom. The Balaban J connectivity index is 1.70. The molecule has 23 heavy (non-hydrogen) atoms. The highest BCUT2D eigenvalue weighted by molar-refractivity contribution is 5.91. The number of amides is 1. The standard InChI is InChI=1S/C19H17NO3/c1-2-12-20-19(21)18-11-10-15(23-18)13-22-17-9-5-7-14-6-3-4-8-16(14)17/h2-11H,1,12-13H2,(H,20,21). The monoisotopic (exact) mass is 307 g/mol. The second-order valence-electron chi connectivity index (χ2n) is 5.03. The number of carbonyl (C=O) groups is 1. The van der Waals surface area contributed by atoms with Crippen molar-refractivity contribution in [1.29, 1.82) is 0 Å². The van der Waals surface area contributed by atoms with Gasteiger partial charge in [-0.3, -0.25) is 4.79 Å². The number of nitrogens with one attached hydrogen (secondary N) is 1. The lowest BCUT2D eigenvalue weighted by Crippen LogP contribution is -2.22. The molecule has 0 aliphatic heterocycles. The molecular weight excluding hydrogens is 290 g/mol. The molecule has 0 aliphatic carbocycles. The average molecular weight is 307 g/mol. The van der Waals surface area contributed by atoms with Gasteiger partial charge in [-0.05, 0) is 23.6 Å². The molecule has 3 rings (SSSR count). The van der Waals surface area contributed by atoms with Crippen LogP contribution in [-0.4, -0.2) is 12.5 Å². The van der Waals surface area contributed by atoms with Gasteiger partial charge < -0.3 is 14.5 Å². The van der Waals surface area contributed by atoms with Gasteiger partial charge in [-0.25, -0.2) is 0 Å². The number of benzene rings is 2. The number of rotatable bonds is 6. The largest absolute Gasteiger partial charge is 0.485 e. The quantitative estimate of drug-likeness (QED) is 0.702. The molecule has 0 unspecified atom stereocenters. The predicted molar refractivity (Wildman–Crippen MR) is 89.5 cm³/mol. The van der Waals surface area contributed by atoms with Crippen LogP contribution >= 0.6 is 0 Å². The van der Waals surface area contributed by atoms with Gasteiger partial charge in [-0.2, -0.15) is 0 Å². The zero-order chi connectivity index (χ0) is 16.1. The molecule has 3 aromatic rings. The molecule has 0 spiro atoms. The van der Waals surface area contributed by atoms with Gasteiger partial charge in [0.15, 0.2) is 5.76 Å². The van der Waals surface area contributed by atoms with Crippen LogP contribution in [0.25, 0.3) is 10.8 Å². The van der Waals surface area contributed by atoms with Crippen LogP contribution in [0.2, 0.25) is 0 Å². The molecule has 0 atom stereocenters. The SMILES string of the molecule is C=CCNC(=O)c1ccc(COc2cccc3ccccc23)o1. The molecule has 0 saturated heterocycles. The molecule has 0 saturated carbocycles. The Labute approximate surface area is 134 Å². The summed E-state index contributed by atoms with van der Waals surface area (Å²) in [6.07, 6.45) is 1.62. The number of fused-ring (bicyclic) bond motifs is 1. The summed E-state index contributed by atoms with van der Waals surface area (Å²) in [6, 6.07) is 17.3. The van der Waals surface area contributed by atoms with E-state index in [9.17, 15) is 4.79 Å². The van der Waals surface area contributed by atoms with Crippen molar-refractivity contribution in [3.63, 3.8) is 0 Å². The summed E-state index contributed by atoms with van der Waals surface area (Å²) in [4.78, 5) is 11.8. The van der Waals surface area contributed by atoms with Gasteiger partial charge in [-0.1, -0.05) is 42.5 Å². The topological polar surface area (TPSA) is 51.5 Å². The summed E-state index contributed by atoms with van der Waals surface area (Å²) in [6.45, 7) is 4.22. The lowest BCUT2D eigenvalue weighted by atomic mass is 10.1. The van der Waals surface area contributed by atoms with E-state index in [-0.39, 0.29) is 18.3 Å². The van der Waals surface area contributed by atoms with Crippen molar-refractivity contribution >= 4 is 16.7 Å². The summed E-state index contributed by atoms with van der Waals surface area (Å²) in [7, 11) is 0. The van der Waals surface area contributed by atoms with E-state index in [2.05, 4.69) is 11.9 Å². The summed E-state index contributed by atoms with van der Waals surface area (Å²) < 4.78 is 11.3. The van der Waals surface area contributed by atoms with Crippen LogP contribution in [0, 0.1) is 0 Å². The van der Waals surface area contributed by atoms with Crippen molar-refractivity contribution in [2.24, 2.45) is 0 Å². The third-order valence-corrected chi connectivity index (χ3v) is 3.41. The first-order valence-corrected chi connectivity index (χ1v) is 7.36.